The molecule has 1 atom stereocenters. The summed E-state index contributed by atoms with van der Waals surface area (Å²) in [5, 5.41) is 6.66. The standard InChI is InChI=1S/C19H38N2O2/c1-9-14(12-20-16(22)23-17(2,3)4)21-15-10-18(5,6)13-19(7,8)11-15/h14-15,21H,9-13H2,1-8H3,(H,20,22). The molecule has 0 aromatic heterocycles. The van der Waals surface area contributed by atoms with Crippen molar-refractivity contribution in [2.24, 2.45) is 10.8 Å². The maximum atomic E-state index is 11.8. The summed E-state index contributed by atoms with van der Waals surface area (Å²) in [6.45, 7) is 17.9. The largest absolute Gasteiger partial charge is 0.444 e. The molecule has 1 aliphatic carbocycles. The third-order valence-electron chi connectivity index (χ3n) is 4.41. The molecule has 1 fully saturated rings. The van der Waals surface area contributed by atoms with Gasteiger partial charge in [0.05, 0.1) is 0 Å². The normalized spacial score (nSPS) is 22.4. The Bertz CT molecular complexity index is 381. The highest BCUT2D eigenvalue weighted by Gasteiger charge is 2.38. The monoisotopic (exact) mass is 326 g/mol. The molecule has 1 unspecified atom stereocenters. The first-order valence-electron chi connectivity index (χ1n) is 9.05. The van der Waals surface area contributed by atoms with E-state index in [1.807, 2.05) is 20.8 Å². The lowest BCUT2D eigenvalue weighted by molar-refractivity contribution is 0.0510. The molecule has 136 valence electrons. The second-order valence-corrected chi connectivity index (χ2v) is 9.77. The first-order chi connectivity index (χ1) is 10.3. The van der Waals surface area contributed by atoms with Gasteiger partial charge in [-0.05, 0) is 57.3 Å². The molecule has 1 aliphatic rings. The Labute approximate surface area is 143 Å². The van der Waals surface area contributed by atoms with E-state index in [1.165, 1.54) is 19.3 Å². The Hall–Kier alpha value is -0.770. The molecule has 23 heavy (non-hydrogen) atoms. The molecule has 0 radical (unpaired) electrons. The molecule has 0 aromatic rings. The van der Waals surface area contributed by atoms with E-state index in [-0.39, 0.29) is 12.1 Å². The van der Waals surface area contributed by atoms with Crippen LogP contribution in [0.1, 0.15) is 81.1 Å². The Morgan fingerprint density at radius 2 is 1.70 bits per heavy atom. The predicted molar refractivity (Wildman–Crippen MR) is 96.7 cm³/mol. The van der Waals surface area contributed by atoms with Crippen molar-refractivity contribution in [3.8, 4) is 0 Å². The number of rotatable bonds is 5. The Morgan fingerprint density at radius 1 is 1.17 bits per heavy atom. The van der Waals surface area contributed by atoms with Crippen LogP contribution in [0.5, 0.6) is 0 Å². The highest BCUT2D eigenvalue weighted by Crippen LogP contribution is 2.45. The molecule has 0 saturated heterocycles. The van der Waals surface area contributed by atoms with Gasteiger partial charge >= 0.3 is 6.09 Å². The average Bonchev–Trinajstić information content (AvgIpc) is 2.28. The maximum Gasteiger partial charge on any atom is 0.407 e. The number of hydrogen-bond donors (Lipinski definition) is 2. The van der Waals surface area contributed by atoms with Crippen LogP contribution in [0.2, 0.25) is 0 Å². The molecule has 0 bridgehead atoms. The minimum absolute atomic E-state index is 0.289. The van der Waals surface area contributed by atoms with Gasteiger partial charge in [-0.1, -0.05) is 34.6 Å². The lowest BCUT2D eigenvalue weighted by atomic mass is 9.63. The van der Waals surface area contributed by atoms with Crippen LogP contribution in [0.15, 0.2) is 0 Å². The summed E-state index contributed by atoms with van der Waals surface area (Å²) < 4.78 is 5.31. The fourth-order valence-electron chi connectivity index (χ4n) is 4.14. The first kappa shape index (κ1) is 20.3. The molecule has 4 heteroatoms. The minimum Gasteiger partial charge on any atom is -0.444 e. The van der Waals surface area contributed by atoms with Crippen molar-refractivity contribution < 1.29 is 9.53 Å². The maximum absolute atomic E-state index is 11.8. The van der Waals surface area contributed by atoms with Gasteiger partial charge in [-0.2, -0.15) is 0 Å². The molecular weight excluding hydrogens is 288 g/mol. The van der Waals surface area contributed by atoms with Crippen LogP contribution in [0.4, 0.5) is 4.79 Å². The summed E-state index contributed by atoms with van der Waals surface area (Å²) >= 11 is 0. The van der Waals surface area contributed by atoms with Crippen LogP contribution >= 0.6 is 0 Å². The smallest absolute Gasteiger partial charge is 0.407 e. The van der Waals surface area contributed by atoms with Crippen molar-refractivity contribution in [3.05, 3.63) is 0 Å². The van der Waals surface area contributed by atoms with Crippen LogP contribution in [-0.4, -0.2) is 30.3 Å². The molecule has 0 aliphatic heterocycles. The lowest BCUT2D eigenvalue weighted by Crippen LogP contribution is -2.50. The summed E-state index contributed by atoms with van der Waals surface area (Å²) in [4.78, 5) is 11.8. The summed E-state index contributed by atoms with van der Waals surface area (Å²) in [7, 11) is 0. The molecule has 1 saturated carbocycles. The van der Waals surface area contributed by atoms with Gasteiger partial charge in [-0.3, -0.25) is 0 Å². The fraction of sp³-hybridized carbons (Fsp3) is 0.947. The zero-order valence-corrected chi connectivity index (χ0v) is 16.5. The number of carbonyl (C=O) groups excluding carboxylic acids is 1. The van der Waals surface area contributed by atoms with Crippen molar-refractivity contribution in [1.82, 2.24) is 10.6 Å². The first-order valence-corrected chi connectivity index (χ1v) is 9.05. The molecule has 0 spiro atoms. The van der Waals surface area contributed by atoms with Crippen LogP contribution < -0.4 is 10.6 Å². The van der Waals surface area contributed by atoms with E-state index in [1.54, 1.807) is 0 Å². The second kappa shape index (κ2) is 7.42. The van der Waals surface area contributed by atoms with E-state index in [9.17, 15) is 4.79 Å². The van der Waals surface area contributed by atoms with Gasteiger partial charge in [0.1, 0.15) is 5.60 Å². The molecule has 4 nitrogen and oxygen atoms in total. The van der Waals surface area contributed by atoms with Gasteiger partial charge in [0.2, 0.25) is 0 Å². The van der Waals surface area contributed by atoms with E-state index in [2.05, 4.69) is 45.3 Å². The van der Waals surface area contributed by atoms with Gasteiger partial charge in [-0.15, -0.1) is 0 Å². The predicted octanol–water partition coefficient (Wildman–Crippen LogP) is 4.48. The van der Waals surface area contributed by atoms with E-state index in [0.29, 0.717) is 23.4 Å². The van der Waals surface area contributed by atoms with Gasteiger partial charge < -0.3 is 15.4 Å². The summed E-state index contributed by atoms with van der Waals surface area (Å²) in [6, 6.07) is 0.802. The van der Waals surface area contributed by atoms with Gasteiger partial charge in [0.15, 0.2) is 0 Å². The van der Waals surface area contributed by atoms with Crippen molar-refractivity contribution in [2.75, 3.05) is 6.54 Å². The fourth-order valence-corrected chi connectivity index (χ4v) is 4.14. The van der Waals surface area contributed by atoms with Gasteiger partial charge in [0.25, 0.3) is 0 Å². The van der Waals surface area contributed by atoms with Gasteiger partial charge in [0, 0.05) is 18.6 Å². The highest BCUT2D eigenvalue weighted by molar-refractivity contribution is 5.67. The van der Waals surface area contributed by atoms with Crippen LogP contribution in [0, 0.1) is 10.8 Å². The number of nitrogens with one attached hydrogen (secondary N) is 2. The molecule has 0 aromatic carbocycles. The van der Waals surface area contributed by atoms with E-state index >= 15 is 0 Å². The van der Waals surface area contributed by atoms with E-state index in [0.717, 1.165) is 6.42 Å². The Morgan fingerprint density at radius 3 is 2.13 bits per heavy atom. The number of carbonyl (C=O) groups is 1. The van der Waals surface area contributed by atoms with Crippen molar-refractivity contribution in [2.45, 2.75) is 98.8 Å². The highest BCUT2D eigenvalue weighted by atomic mass is 16.6. The Kier molecular flexibility index (Phi) is 6.54. The number of amides is 1. The SMILES string of the molecule is CCC(CNC(=O)OC(C)(C)C)NC1CC(C)(C)CC(C)(C)C1. The van der Waals surface area contributed by atoms with Crippen molar-refractivity contribution in [3.63, 3.8) is 0 Å². The second-order valence-electron chi connectivity index (χ2n) is 9.77. The zero-order valence-electron chi connectivity index (χ0n) is 16.5. The average molecular weight is 327 g/mol. The molecule has 2 N–H and O–H groups in total. The van der Waals surface area contributed by atoms with Crippen molar-refractivity contribution in [1.29, 1.82) is 0 Å². The Balaban J connectivity index is 2.51. The van der Waals surface area contributed by atoms with Crippen LogP contribution in [0.25, 0.3) is 0 Å². The molecule has 1 rings (SSSR count). The summed E-state index contributed by atoms with van der Waals surface area (Å²) in [5.74, 6) is 0. The summed E-state index contributed by atoms with van der Waals surface area (Å²) in [5.41, 5.74) is 0.295. The lowest BCUT2D eigenvalue weighted by Gasteiger charge is -2.46. The third-order valence-corrected chi connectivity index (χ3v) is 4.41. The molecular formula is C19H38N2O2. The van der Waals surface area contributed by atoms with Crippen LogP contribution in [0.3, 0.4) is 0 Å². The van der Waals surface area contributed by atoms with Crippen molar-refractivity contribution >= 4 is 6.09 Å². The molecule has 1 amide bonds. The quantitative estimate of drug-likeness (QED) is 0.783. The zero-order chi connectivity index (χ0) is 17.9. The minimum atomic E-state index is -0.448. The summed E-state index contributed by atoms with van der Waals surface area (Å²) in [6.07, 6.45) is 4.32. The van der Waals surface area contributed by atoms with E-state index < -0.39 is 5.60 Å². The topological polar surface area (TPSA) is 50.4 Å². The van der Waals surface area contributed by atoms with E-state index in [4.69, 9.17) is 4.74 Å². The number of alkyl carbamates (subject to hydrolysis) is 1. The van der Waals surface area contributed by atoms with Crippen LogP contribution in [-0.2, 0) is 4.74 Å². The van der Waals surface area contributed by atoms with Gasteiger partial charge in [-0.25, -0.2) is 4.79 Å². The third kappa shape index (κ3) is 8.05. The molecule has 0 heterocycles. The number of ether oxygens (including phenoxy) is 1. The number of hydrogen-bond acceptors (Lipinski definition) is 3.